The van der Waals surface area contributed by atoms with Crippen LogP contribution >= 0.6 is 34.7 Å². The first-order valence-corrected chi connectivity index (χ1v) is 12.8. The number of aryl methyl sites for hydroxylation is 2. The molecule has 0 N–H and O–H groups in total. The van der Waals surface area contributed by atoms with Gasteiger partial charge in [0.05, 0.1) is 17.7 Å². The summed E-state index contributed by atoms with van der Waals surface area (Å²) < 4.78 is 6.75. The maximum absolute atomic E-state index is 13.5. The second-order valence-corrected chi connectivity index (χ2v) is 11.0. The van der Waals surface area contributed by atoms with Crippen molar-refractivity contribution in [2.24, 2.45) is 5.41 Å². The Bertz CT molecular complexity index is 1240. The van der Waals surface area contributed by atoms with Gasteiger partial charge >= 0.3 is 5.97 Å². The third kappa shape index (κ3) is 5.86. The second kappa shape index (κ2) is 10.4. The van der Waals surface area contributed by atoms with Crippen LogP contribution in [0.3, 0.4) is 0 Å². The Balaban J connectivity index is 2.04. The molecule has 176 valence electrons. The van der Waals surface area contributed by atoms with Crippen LogP contribution in [0.1, 0.15) is 48.5 Å². The summed E-state index contributed by atoms with van der Waals surface area (Å²) in [6.07, 6.45) is 0.596. The number of aromatic nitrogens is 2. The SMILES string of the molecule is CCOC(=O)c1sc2nc(SCC(=O)C(C)(C)C)n(CCc3ccc(Cl)cc3)c(=O)c2c1C. The molecule has 0 saturated carbocycles. The second-order valence-electron chi connectivity index (χ2n) is 8.65. The number of carbonyl (C=O) groups is 2. The van der Waals surface area contributed by atoms with E-state index in [-0.39, 0.29) is 23.7 Å². The molecular weight excluding hydrogens is 480 g/mol. The number of hydrogen-bond acceptors (Lipinski definition) is 7. The van der Waals surface area contributed by atoms with Gasteiger partial charge in [0.15, 0.2) is 5.16 Å². The topological polar surface area (TPSA) is 78.3 Å². The summed E-state index contributed by atoms with van der Waals surface area (Å²) in [5.41, 5.74) is 0.905. The smallest absolute Gasteiger partial charge is 0.348 e. The average molecular weight is 507 g/mol. The lowest BCUT2D eigenvalue weighted by Gasteiger charge is -2.17. The van der Waals surface area contributed by atoms with Crippen molar-refractivity contribution in [2.75, 3.05) is 12.4 Å². The van der Waals surface area contributed by atoms with E-state index in [4.69, 9.17) is 21.3 Å². The number of benzene rings is 1. The third-order valence-corrected chi connectivity index (χ3v) is 7.58. The van der Waals surface area contributed by atoms with Gasteiger partial charge in [0.2, 0.25) is 0 Å². The van der Waals surface area contributed by atoms with Crippen LogP contribution in [0, 0.1) is 12.3 Å². The van der Waals surface area contributed by atoms with Gasteiger partial charge in [-0.05, 0) is 43.5 Å². The summed E-state index contributed by atoms with van der Waals surface area (Å²) in [6.45, 7) is 9.73. The number of fused-ring (bicyclic) bond motifs is 1. The van der Waals surface area contributed by atoms with E-state index in [9.17, 15) is 14.4 Å². The standard InChI is InChI=1S/C24H27ClN2O4S2/c1-6-31-22(30)19-14(2)18-20(33-19)26-23(32-13-17(28)24(3,4)5)27(21(18)29)12-11-15-7-9-16(25)10-8-15/h7-10H,6,11-13H2,1-5H3. The Hall–Kier alpha value is -2.16. The highest BCUT2D eigenvalue weighted by molar-refractivity contribution is 7.99. The minimum absolute atomic E-state index is 0.0701. The summed E-state index contributed by atoms with van der Waals surface area (Å²) in [7, 11) is 0. The maximum Gasteiger partial charge on any atom is 0.348 e. The molecule has 0 bridgehead atoms. The number of ketones is 1. The Morgan fingerprint density at radius 1 is 1.21 bits per heavy atom. The minimum Gasteiger partial charge on any atom is -0.462 e. The lowest BCUT2D eigenvalue weighted by atomic mass is 9.92. The predicted octanol–water partition coefficient (Wildman–Crippen LogP) is 5.55. The van der Waals surface area contributed by atoms with Crippen molar-refractivity contribution in [1.82, 2.24) is 9.55 Å². The molecule has 33 heavy (non-hydrogen) atoms. The van der Waals surface area contributed by atoms with Gasteiger partial charge in [-0.2, -0.15) is 0 Å². The minimum atomic E-state index is -0.484. The summed E-state index contributed by atoms with van der Waals surface area (Å²) in [6, 6.07) is 7.47. The number of halogens is 1. The fourth-order valence-electron chi connectivity index (χ4n) is 3.14. The maximum atomic E-state index is 13.5. The fraction of sp³-hybridized carbons (Fsp3) is 0.417. The fourth-order valence-corrected chi connectivity index (χ4v) is 5.56. The number of rotatable bonds is 8. The van der Waals surface area contributed by atoms with E-state index in [0.717, 1.165) is 16.9 Å². The molecule has 0 unspecified atom stereocenters. The molecule has 6 nitrogen and oxygen atoms in total. The molecule has 0 aliphatic heterocycles. The first-order chi connectivity index (χ1) is 15.5. The van der Waals surface area contributed by atoms with Crippen molar-refractivity contribution in [1.29, 1.82) is 0 Å². The molecule has 3 aromatic rings. The summed E-state index contributed by atoms with van der Waals surface area (Å²) in [5.74, 6) is -0.180. The number of hydrogen-bond donors (Lipinski definition) is 0. The molecule has 9 heteroatoms. The first kappa shape index (κ1) is 25.5. The van der Waals surface area contributed by atoms with E-state index in [1.165, 1.54) is 11.8 Å². The molecule has 1 aromatic carbocycles. The van der Waals surface area contributed by atoms with Crippen LogP contribution in [0.2, 0.25) is 5.02 Å². The highest BCUT2D eigenvalue weighted by Gasteiger charge is 2.25. The zero-order valence-corrected chi connectivity index (χ0v) is 21.7. The molecule has 0 aliphatic carbocycles. The Labute approximate surface area is 206 Å². The molecule has 0 spiro atoms. The number of nitrogens with zero attached hydrogens (tertiary/aromatic N) is 2. The van der Waals surface area contributed by atoms with Crippen molar-refractivity contribution in [3.63, 3.8) is 0 Å². The van der Waals surface area contributed by atoms with E-state index in [1.54, 1.807) is 18.4 Å². The van der Waals surface area contributed by atoms with E-state index in [2.05, 4.69) is 0 Å². The summed E-state index contributed by atoms with van der Waals surface area (Å²) in [5, 5.41) is 1.54. The zero-order valence-electron chi connectivity index (χ0n) is 19.4. The first-order valence-electron chi connectivity index (χ1n) is 10.6. The average Bonchev–Trinajstić information content (AvgIpc) is 3.08. The van der Waals surface area contributed by atoms with Gasteiger partial charge in [-0.15, -0.1) is 11.3 Å². The van der Waals surface area contributed by atoms with Crippen LogP contribution < -0.4 is 5.56 Å². The monoisotopic (exact) mass is 506 g/mol. The molecule has 2 heterocycles. The van der Waals surface area contributed by atoms with Crippen LogP contribution in [-0.2, 0) is 22.5 Å². The van der Waals surface area contributed by atoms with Gasteiger partial charge in [0.25, 0.3) is 5.56 Å². The van der Waals surface area contributed by atoms with Crippen molar-refractivity contribution >= 4 is 56.7 Å². The number of esters is 1. The van der Waals surface area contributed by atoms with E-state index < -0.39 is 11.4 Å². The van der Waals surface area contributed by atoms with Crippen molar-refractivity contribution in [3.05, 3.63) is 55.6 Å². The van der Waals surface area contributed by atoms with E-state index in [1.807, 2.05) is 45.0 Å². The van der Waals surface area contributed by atoms with Gasteiger partial charge < -0.3 is 4.74 Å². The van der Waals surface area contributed by atoms with Crippen LogP contribution in [-0.4, -0.2) is 33.7 Å². The van der Waals surface area contributed by atoms with Gasteiger partial charge in [-0.1, -0.05) is 56.3 Å². The van der Waals surface area contributed by atoms with Crippen molar-refractivity contribution in [3.8, 4) is 0 Å². The molecule has 0 radical (unpaired) electrons. The van der Waals surface area contributed by atoms with Crippen LogP contribution in [0.25, 0.3) is 10.2 Å². The number of carbonyl (C=O) groups excluding carboxylic acids is 2. The van der Waals surface area contributed by atoms with E-state index >= 15 is 0 Å². The summed E-state index contributed by atoms with van der Waals surface area (Å²) in [4.78, 5) is 44.0. The van der Waals surface area contributed by atoms with E-state index in [0.29, 0.717) is 43.8 Å². The molecular formula is C24H27ClN2O4S2. The zero-order chi connectivity index (χ0) is 24.3. The third-order valence-electron chi connectivity index (χ3n) is 5.18. The van der Waals surface area contributed by atoms with Gasteiger partial charge in [0, 0.05) is 17.0 Å². The van der Waals surface area contributed by atoms with Crippen molar-refractivity contribution < 1.29 is 14.3 Å². The quantitative estimate of drug-likeness (QED) is 0.226. The highest BCUT2D eigenvalue weighted by Crippen LogP contribution is 2.30. The number of thiophene rings is 1. The number of Topliss-reactive ketones (excluding diaryl/α,β-unsaturated/α-hetero) is 1. The molecule has 0 aliphatic rings. The molecule has 0 atom stereocenters. The number of ether oxygens (including phenoxy) is 1. The largest absolute Gasteiger partial charge is 0.462 e. The van der Waals surface area contributed by atoms with Crippen molar-refractivity contribution in [2.45, 2.75) is 52.7 Å². The Kier molecular flexibility index (Phi) is 8.03. The lowest BCUT2D eigenvalue weighted by Crippen LogP contribution is -2.26. The molecule has 3 rings (SSSR count). The van der Waals surface area contributed by atoms with Crippen LogP contribution in [0.5, 0.6) is 0 Å². The molecule has 0 saturated heterocycles. The predicted molar refractivity (Wildman–Crippen MR) is 135 cm³/mol. The molecule has 2 aromatic heterocycles. The Morgan fingerprint density at radius 3 is 2.48 bits per heavy atom. The van der Waals surface area contributed by atoms with Crippen LogP contribution in [0.15, 0.2) is 34.2 Å². The van der Waals surface area contributed by atoms with Gasteiger partial charge in [-0.3, -0.25) is 14.2 Å². The Morgan fingerprint density at radius 2 is 1.88 bits per heavy atom. The highest BCUT2D eigenvalue weighted by atomic mass is 35.5. The molecule has 0 amide bonds. The number of thioether (sulfide) groups is 1. The lowest BCUT2D eigenvalue weighted by molar-refractivity contribution is -0.123. The normalized spacial score (nSPS) is 11.7. The molecule has 0 fully saturated rings. The van der Waals surface area contributed by atoms with Gasteiger partial charge in [-0.25, -0.2) is 9.78 Å². The summed E-state index contributed by atoms with van der Waals surface area (Å²) >= 11 is 8.39. The van der Waals surface area contributed by atoms with Gasteiger partial charge in [0.1, 0.15) is 15.5 Å². The van der Waals surface area contributed by atoms with Crippen LogP contribution in [0.4, 0.5) is 0 Å².